The molecule has 41 heavy (non-hydrogen) atoms. The van der Waals surface area contributed by atoms with E-state index >= 15 is 0 Å². The van der Waals surface area contributed by atoms with Crippen LogP contribution in [0.15, 0.2) is 59.5 Å². The summed E-state index contributed by atoms with van der Waals surface area (Å²) in [5.41, 5.74) is 5.64. The van der Waals surface area contributed by atoms with Crippen LogP contribution in [-0.2, 0) is 35.0 Å². The summed E-state index contributed by atoms with van der Waals surface area (Å²) in [7, 11) is -9.76. The van der Waals surface area contributed by atoms with Crippen molar-refractivity contribution in [2.75, 3.05) is 19.8 Å². The first-order chi connectivity index (χ1) is 19.2. The minimum Gasteiger partial charge on any atom is -0.443 e. The van der Waals surface area contributed by atoms with E-state index in [0.29, 0.717) is 12.0 Å². The Hall–Kier alpha value is -2.91. The Balaban J connectivity index is 2.21. The maximum Gasteiger partial charge on any atom is 0.470 e. The van der Waals surface area contributed by atoms with Crippen molar-refractivity contribution in [3.8, 4) is 0 Å². The molecule has 3 rings (SSSR count). The predicted molar refractivity (Wildman–Crippen MR) is 146 cm³/mol. The number of carbonyl (C=O) groups excluding carboxylic acids is 1. The van der Waals surface area contributed by atoms with Crippen molar-refractivity contribution in [2.45, 2.75) is 49.8 Å². The van der Waals surface area contributed by atoms with Gasteiger partial charge in [0.05, 0.1) is 22.5 Å². The second-order valence-corrected chi connectivity index (χ2v) is 13.1. The zero-order chi connectivity index (χ0) is 30.4. The molecule has 1 aliphatic rings. The highest BCUT2D eigenvalue weighted by atomic mass is 32.2. The summed E-state index contributed by atoms with van der Waals surface area (Å²) >= 11 is 0. The van der Waals surface area contributed by atoms with Gasteiger partial charge in [-0.05, 0) is 30.0 Å². The summed E-state index contributed by atoms with van der Waals surface area (Å²) < 4.78 is 57.8. The van der Waals surface area contributed by atoms with Gasteiger partial charge in [-0.1, -0.05) is 44.2 Å². The van der Waals surface area contributed by atoms with Crippen molar-refractivity contribution >= 4 is 29.6 Å². The van der Waals surface area contributed by atoms with Crippen LogP contribution in [0.5, 0.6) is 0 Å². The molecule has 1 aliphatic heterocycles. The van der Waals surface area contributed by atoms with E-state index in [1.54, 1.807) is 44.2 Å². The number of primary amides is 1. The largest absolute Gasteiger partial charge is 0.470 e. The van der Waals surface area contributed by atoms with Gasteiger partial charge < -0.3 is 25.0 Å². The molecule has 14 nitrogen and oxygen atoms in total. The lowest BCUT2D eigenvalue weighted by Crippen LogP contribution is -2.57. The van der Waals surface area contributed by atoms with E-state index in [2.05, 4.69) is 0 Å². The number of non-ortho nitro benzene ring substituents is 1. The standard InChI is InChI=1S/C25H34N3O11PS/c1-17(2)15-27(41(35,36)21-10-8-20(9-11-21)28(30)31)23(19-12-13-37-16-19)24(39-40(32,33)34)22(38-25(26)29)14-18-6-4-3-5-7-18/h3-11,17,19,22-24H,12-16H2,1-2H3,(H2,26,29)(H2,32,33,34)/t19-,22+,23?,24-/m1/s1. The number of hydrogen-bond donors (Lipinski definition) is 3. The number of nitro benzene ring substituents is 1. The van der Waals surface area contributed by atoms with E-state index < -0.39 is 53.0 Å². The Kier molecular flexibility index (Phi) is 11.0. The monoisotopic (exact) mass is 615 g/mol. The Bertz CT molecular complexity index is 1330. The van der Waals surface area contributed by atoms with Gasteiger partial charge in [-0.3, -0.25) is 14.6 Å². The van der Waals surface area contributed by atoms with Crippen molar-refractivity contribution in [3.05, 3.63) is 70.3 Å². The lowest BCUT2D eigenvalue weighted by molar-refractivity contribution is -0.384. The summed E-state index contributed by atoms with van der Waals surface area (Å²) in [5.74, 6) is -0.916. The molecule has 0 radical (unpaired) electrons. The van der Waals surface area contributed by atoms with Crippen molar-refractivity contribution in [1.82, 2.24) is 4.31 Å². The molecule has 1 heterocycles. The molecule has 1 amide bonds. The van der Waals surface area contributed by atoms with Gasteiger partial charge in [-0.15, -0.1) is 0 Å². The highest BCUT2D eigenvalue weighted by molar-refractivity contribution is 7.89. The molecule has 2 aromatic carbocycles. The van der Waals surface area contributed by atoms with Crippen LogP contribution >= 0.6 is 7.82 Å². The van der Waals surface area contributed by atoms with Gasteiger partial charge in [-0.25, -0.2) is 17.8 Å². The number of phosphoric ester groups is 1. The molecule has 1 saturated heterocycles. The quantitative estimate of drug-likeness (QED) is 0.160. The number of nitrogens with zero attached hydrogens (tertiary/aromatic N) is 2. The van der Waals surface area contributed by atoms with Crippen molar-refractivity contribution in [3.63, 3.8) is 0 Å². The Labute approximate surface area is 237 Å². The van der Waals surface area contributed by atoms with Gasteiger partial charge in [0.25, 0.3) is 5.69 Å². The maximum atomic E-state index is 14.2. The topological polar surface area (TPSA) is 209 Å². The summed E-state index contributed by atoms with van der Waals surface area (Å²) in [6.07, 6.45) is -4.16. The first kappa shape index (κ1) is 32.6. The number of sulfonamides is 1. The number of hydrogen-bond acceptors (Lipinski definition) is 9. The van der Waals surface area contributed by atoms with Gasteiger partial charge in [0.1, 0.15) is 12.2 Å². The first-order valence-electron chi connectivity index (χ1n) is 12.8. The lowest BCUT2D eigenvalue weighted by Gasteiger charge is -2.42. The number of nitro groups is 1. The minimum absolute atomic E-state index is 0.0324. The van der Waals surface area contributed by atoms with E-state index in [9.17, 15) is 37.7 Å². The Morgan fingerprint density at radius 3 is 2.32 bits per heavy atom. The van der Waals surface area contributed by atoms with E-state index in [1.807, 2.05) is 0 Å². The Morgan fingerprint density at radius 2 is 1.83 bits per heavy atom. The average molecular weight is 616 g/mol. The molecule has 0 spiro atoms. The molecule has 4 atom stereocenters. The summed E-state index contributed by atoms with van der Waals surface area (Å²) in [4.78, 5) is 42.1. The number of benzene rings is 2. The van der Waals surface area contributed by atoms with Crippen LogP contribution in [-0.4, -0.2) is 71.5 Å². The van der Waals surface area contributed by atoms with Crippen molar-refractivity contribution < 1.29 is 46.5 Å². The minimum atomic E-state index is -5.30. The van der Waals surface area contributed by atoms with E-state index in [0.717, 1.165) is 28.6 Å². The van der Waals surface area contributed by atoms with Gasteiger partial charge in [0.15, 0.2) is 0 Å². The molecular weight excluding hydrogens is 581 g/mol. The molecule has 0 bridgehead atoms. The number of phosphoric acid groups is 1. The number of rotatable bonds is 14. The van der Waals surface area contributed by atoms with E-state index in [-0.39, 0.29) is 42.7 Å². The van der Waals surface area contributed by atoms with E-state index in [1.165, 1.54) is 0 Å². The third-order valence-electron chi connectivity index (χ3n) is 6.49. The van der Waals surface area contributed by atoms with Gasteiger partial charge in [-0.2, -0.15) is 4.31 Å². The molecule has 4 N–H and O–H groups in total. The fraction of sp³-hybridized carbons (Fsp3) is 0.480. The highest BCUT2D eigenvalue weighted by Gasteiger charge is 2.49. The molecule has 226 valence electrons. The van der Waals surface area contributed by atoms with Crippen LogP contribution < -0.4 is 5.73 Å². The third-order valence-corrected chi connectivity index (χ3v) is 8.88. The predicted octanol–water partition coefficient (Wildman–Crippen LogP) is 2.83. The number of nitrogens with two attached hydrogens (primary N) is 1. The fourth-order valence-electron chi connectivity index (χ4n) is 4.83. The molecule has 16 heteroatoms. The maximum absolute atomic E-state index is 14.2. The molecular formula is C25H34N3O11PS. The lowest BCUT2D eigenvalue weighted by atomic mass is 9.88. The van der Waals surface area contributed by atoms with Gasteiger partial charge in [0, 0.05) is 37.6 Å². The van der Waals surface area contributed by atoms with Crippen LogP contribution in [0.1, 0.15) is 25.8 Å². The average Bonchev–Trinajstić information content (AvgIpc) is 3.41. The fourth-order valence-corrected chi connectivity index (χ4v) is 7.27. The normalized spacial score (nSPS) is 18.2. The molecule has 0 saturated carbocycles. The second-order valence-electron chi connectivity index (χ2n) is 10.1. The third kappa shape index (κ3) is 9.04. The zero-order valence-corrected chi connectivity index (χ0v) is 24.2. The van der Waals surface area contributed by atoms with Crippen LogP contribution in [0.4, 0.5) is 10.5 Å². The van der Waals surface area contributed by atoms with Crippen LogP contribution in [0.25, 0.3) is 0 Å². The number of ether oxygens (including phenoxy) is 2. The SMILES string of the molecule is CC(C)CN(C([C@@H]1CCOC1)[C@H](OP(=O)(O)O)[C@H](Cc1ccccc1)OC(N)=O)S(=O)(=O)c1ccc([N+](=O)[O-])cc1. The number of amides is 1. The van der Waals surface area contributed by atoms with Crippen molar-refractivity contribution in [2.24, 2.45) is 17.6 Å². The summed E-state index contributed by atoms with van der Waals surface area (Å²) in [6.45, 7) is 3.65. The number of carbonyl (C=O) groups is 1. The molecule has 0 aromatic heterocycles. The molecule has 1 unspecified atom stereocenters. The van der Waals surface area contributed by atoms with E-state index in [4.69, 9.17) is 19.7 Å². The van der Waals surface area contributed by atoms with Crippen LogP contribution in [0.3, 0.4) is 0 Å². The zero-order valence-electron chi connectivity index (χ0n) is 22.5. The summed E-state index contributed by atoms with van der Waals surface area (Å²) in [6, 6.07) is 11.5. The highest BCUT2D eigenvalue weighted by Crippen LogP contribution is 2.43. The second kappa shape index (κ2) is 13.8. The van der Waals surface area contributed by atoms with Gasteiger partial charge in [0.2, 0.25) is 10.0 Å². The molecule has 1 fully saturated rings. The molecule has 0 aliphatic carbocycles. The van der Waals surface area contributed by atoms with Crippen molar-refractivity contribution in [1.29, 1.82) is 0 Å². The van der Waals surface area contributed by atoms with Gasteiger partial charge >= 0.3 is 13.9 Å². The Morgan fingerprint density at radius 1 is 1.20 bits per heavy atom. The van der Waals surface area contributed by atoms with Crippen LogP contribution in [0.2, 0.25) is 0 Å². The molecule has 2 aromatic rings. The smallest absolute Gasteiger partial charge is 0.443 e. The first-order valence-corrected chi connectivity index (χ1v) is 15.7. The summed E-state index contributed by atoms with van der Waals surface area (Å²) in [5, 5.41) is 11.1. The van der Waals surface area contributed by atoms with Crippen LogP contribution in [0, 0.1) is 22.0 Å².